The lowest BCUT2D eigenvalue weighted by atomic mass is 10.0. The Morgan fingerprint density at radius 1 is 1.39 bits per heavy atom. The van der Waals surface area contributed by atoms with Gasteiger partial charge in [-0.1, -0.05) is 30.3 Å². The SMILES string of the molecule is COC(=O)[C@@H](N)CC(F)(F)Cc1ccccc1.Cl. The maximum atomic E-state index is 13.6. The van der Waals surface area contributed by atoms with Gasteiger partial charge in [0, 0.05) is 12.8 Å². The van der Waals surface area contributed by atoms with E-state index in [2.05, 4.69) is 4.74 Å². The number of rotatable bonds is 5. The first-order valence-electron chi connectivity index (χ1n) is 5.20. The van der Waals surface area contributed by atoms with Gasteiger partial charge in [-0.3, -0.25) is 4.79 Å². The Bertz CT molecular complexity index is 374. The van der Waals surface area contributed by atoms with Crippen molar-refractivity contribution in [2.75, 3.05) is 7.11 Å². The highest BCUT2D eigenvalue weighted by molar-refractivity contribution is 5.85. The number of alkyl halides is 2. The number of esters is 1. The molecule has 2 N–H and O–H groups in total. The molecule has 0 bridgehead atoms. The Labute approximate surface area is 111 Å². The lowest BCUT2D eigenvalue weighted by Gasteiger charge is -2.19. The molecule has 0 fully saturated rings. The van der Waals surface area contributed by atoms with Crippen molar-refractivity contribution in [3.05, 3.63) is 35.9 Å². The molecule has 0 amide bonds. The van der Waals surface area contributed by atoms with Crippen LogP contribution in [0.4, 0.5) is 8.78 Å². The van der Waals surface area contributed by atoms with E-state index in [0.29, 0.717) is 5.56 Å². The quantitative estimate of drug-likeness (QED) is 0.841. The summed E-state index contributed by atoms with van der Waals surface area (Å²) in [7, 11) is 1.12. The minimum absolute atomic E-state index is 0. The molecular weight excluding hydrogens is 264 g/mol. The fourth-order valence-corrected chi connectivity index (χ4v) is 1.52. The third kappa shape index (κ3) is 5.42. The van der Waals surface area contributed by atoms with Crippen molar-refractivity contribution < 1.29 is 18.3 Å². The van der Waals surface area contributed by atoms with Gasteiger partial charge in [0.2, 0.25) is 0 Å². The topological polar surface area (TPSA) is 52.3 Å². The van der Waals surface area contributed by atoms with E-state index in [1.165, 1.54) is 0 Å². The van der Waals surface area contributed by atoms with Gasteiger partial charge in [0.1, 0.15) is 6.04 Å². The molecule has 0 saturated carbocycles. The lowest BCUT2D eigenvalue weighted by molar-refractivity contribution is -0.144. The van der Waals surface area contributed by atoms with Gasteiger partial charge in [0.05, 0.1) is 7.11 Å². The van der Waals surface area contributed by atoms with Crippen molar-refractivity contribution in [1.29, 1.82) is 0 Å². The van der Waals surface area contributed by atoms with E-state index in [-0.39, 0.29) is 12.4 Å². The monoisotopic (exact) mass is 279 g/mol. The Kier molecular flexibility index (Phi) is 6.80. The molecule has 102 valence electrons. The summed E-state index contributed by atoms with van der Waals surface area (Å²) in [5, 5.41) is 0. The van der Waals surface area contributed by atoms with Crippen molar-refractivity contribution in [1.82, 2.24) is 0 Å². The summed E-state index contributed by atoms with van der Waals surface area (Å²) in [6.07, 6.45) is -1.15. The van der Waals surface area contributed by atoms with Crippen molar-refractivity contribution in [3.8, 4) is 0 Å². The first-order chi connectivity index (χ1) is 7.94. The smallest absolute Gasteiger partial charge is 0.322 e. The van der Waals surface area contributed by atoms with E-state index in [9.17, 15) is 13.6 Å². The zero-order chi connectivity index (χ0) is 12.9. The molecule has 0 spiro atoms. The fraction of sp³-hybridized carbons (Fsp3) is 0.417. The molecule has 1 atom stereocenters. The van der Waals surface area contributed by atoms with Gasteiger partial charge >= 0.3 is 5.97 Å². The van der Waals surface area contributed by atoms with Crippen LogP contribution in [0.15, 0.2) is 30.3 Å². The third-order valence-corrected chi connectivity index (χ3v) is 2.33. The third-order valence-electron chi connectivity index (χ3n) is 2.33. The highest BCUT2D eigenvalue weighted by atomic mass is 35.5. The van der Waals surface area contributed by atoms with Gasteiger partial charge in [-0.05, 0) is 5.56 Å². The number of carbonyl (C=O) groups excluding carboxylic acids is 1. The number of halogens is 3. The predicted octanol–water partition coefficient (Wildman–Crippen LogP) is 2.18. The highest BCUT2D eigenvalue weighted by Crippen LogP contribution is 2.25. The molecule has 6 heteroatoms. The minimum atomic E-state index is -3.02. The maximum absolute atomic E-state index is 13.6. The normalized spacial score (nSPS) is 12.4. The van der Waals surface area contributed by atoms with Crippen LogP contribution >= 0.6 is 12.4 Å². The number of hydrogen-bond donors (Lipinski definition) is 1. The average molecular weight is 280 g/mol. The molecular formula is C12H16ClF2NO2. The largest absolute Gasteiger partial charge is 0.468 e. The van der Waals surface area contributed by atoms with Gasteiger partial charge in [-0.15, -0.1) is 12.4 Å². The maximum Gasteiger partial charge on any atom is 0.322 e. The Balaban J connectivity index is 0.00000289. The average Bonchev–Trinajstić information content (AvgIpc) is 2.27. The van der Waals surface area contributed by atoms with Gasteiger partial charge in [-0.25, -0.2) is 8.78 Å². The molecule has 0 aliphatic heterocycles. The van der Waals surface area contributed by atoms with Gasteiger partial charge in [0.25, 0.3) is 5.92 Å². The van der Waals surface area contributed by atoms with Crippen LogP contribution in [0.2, 0.25) is 0 Å². The number of nitrogens with two attached hydrogens (primary N) is 1. The molecule has 0 aromatic heterocycles. The zero-order valence-corrected chi connectivity index (χ0v) is 10.8. The fourth-order valence-electron chi connectivity index (χ4n) is 1.52. The number of methoxy groups -OCH3 is 1. The van der Waals surface area contributed by atoms with E-state index in [1.54, 1.807) is 30.3 Å². The Hall–Kier alpha value is -1.20. The van der Waals surface area contributed by atoms with Crippen LogP contribution in [-0.2, 0) is 16.0 Å². The van der Waals surface area contributed by atoms with Crippen LogP contribution in [-0.4, -0.2) is 25.0 Å². The van der Waals surface area contributed by atoms with Crippen LogP contribution in [0.25, 0.3) is 0 Å². The van der Waals surface area contributed by atoms with E-state index in [4.69, 9.17) is 5.73 Å². The summed E-state index contributed by atoms with van der Waals surface area (Å²) in [5.41, 5.74) is 5.82. The standard InChI is InChI=1S/C12H15F2NO2.ClH/c1-17-11(16)10(15)8-12(13,14)7-9-5-3-2-4-6-9;/h2-6,10H,7-8,15H2,1H3;1H/t10-;/m0./s1. The summed E-state index contributed by atoms with van der Waals surface area (Å²) >= 11 is 0. The van der Waals surface area contributed by atoms with Crippen molar-refractivity contribution in [2.24, 2.45) is 5.73 Å². The molecule has 0 aliphatic carbocycles. The van der Waals surface area contributed by atoms with Crippen molar-refractivity contribution >= 4 is 18.4 Å². The Morgan fingerprint density at radius 2 is 1.94 bits per heavy atom. The van der Waals surface area contributed by atoms with Crippen LogP contribution < -0.4 is 5.73 Å². The molecule has 1 aromatic rings. The minimum Gasteiger partial charge on any atom is -0.468 e. The number of benzene rings is 1. The zero-order valence-electron chi connectivity index (χ0n) is 9.94. The lowest BCUT2D eigenvalue weighted by Crippen LogP contribution is -2.38. The van der Waals surface area contributed by atoms with E-state index in [0.717, 1.165) is 7.11 Å². The first kappa shape index (κ1) is 16.8. The van der Waals surface area contributed by atoms with Crippen molar-refractivity contribution in [2.45, 2.75) is 24.8 Å². The van der Waals surface area contributed by atoms with Crippen LogP contribution in [0.1, 0.15) is 12.0 Å². The second-order valence-corrected chi connectivity index (χ2v) is 3.85. The molecule has 0 radical (unpaired) electrons. The van der Waals surface area contributed by atoms with E-state index in [1.807, 2.05) is 0 Å². The molecule has 0 aliphatic rings. The summed E-state index contributed by atoms with van der Waals surface area (Å²) < 4.78 is 31.4. The number of hydrogen-bond acceptors (Lipinski definition) is 3. The summed E-state index contributed by atoms with van der Waals surface area (Å²) in [4.78, 5) is 11.0. The van der Waals surface area contributed by atoms with Crippen LogP contribution in [0, 0.1) is 0 Å². The predicted molar refractivity (Wildman–Crippen MR) is 66.9 cm³/mol. The van der Waals surface area contributed by atoms with Gasteiger partial charge in [0.15, 0.2) is 0 Å². The molecule has 1 rings (SSSR count). The summed E-state index contributed by atoms with van der Waals surface area (Å²) in [6, 6.07) is 7.05. The van der Waals surface area contributed by atoms with E-state index >= 15 is 0 Å². The molecule has 0 unspecified atom stereocenters. The molecule has 3 nitrogen and oxygen atoms in total. The van der Waals surface area contributed by atoms with E-state index < -0.39 is 30.8 Å². The first-order valence-corrected chi connectivity index (χ1v) is 5.20. The second-order valence-electron chi connectivity index (χ2n) is 3.85. The van der Waals surface area contributed by atoms with Crippen LogP contribution in [0.5, 0.6) is 0 Å². The summed E-state index contributed by atoms with van der Waals surface area (Å²) in [5.74, 6) is -3.84. The summed E-state index contributed by atoms with van der Waals surface area (Å²) in [6.45, 7) is 0. The van der Waals surface area contributed by atoms with Gasteiger partial charge in [-0.2, -0.15) is 0 Å². The number of carbonyl (C=O) groups is 1. The Morgan fingerprint density at radius 3 is 2.44 bits per heavy atom. The van der Waals surface area contributed by atoms with Crippen LogP contribution in [0.3, 0.4) is 0 Å². The highest BCUT2D eigenvalue weighted by Gasteiger charge is 2.34. The van der Waals surface area contributed by atoms with Crippen molar-refractivity contribution in [3.63, 3.8) is 0 Å². The molecule has 0 saturated heterocycles. The molecule has 18 heavy (non-hydrogen) atoms. The molecule has 1 aromatic carbocycles. The second kappa shape index (κ2) is 7.28. The van der Waals surface area contributed by atoms with Gasteiger partial charge < -0.3 is 10.5 Å². The number of ether oxygens (including phenoxy) is 1. The molecule has 0 heterocycles.